The Kier molecular flexibility index (Phi) is 4.12. The SMILES string of the molecule is CN1CCCCC1CNc1cc(Br)ncn1. The van der Waals surface area contributed by atoms with Crippen molar-refractivity contribution in [2.45, 2.75) is 25.3 Å². The smallest absolute Gasteiger partial charge is 0.130 e. The second-order valence-electron chi connectivity index (χ2n) is 4.24. The molecule has 88 valence electrons. The van der Waals surface area contributed by atoms with Gasteiger partial charge in [0.25, 0.3) is 0 Å². The second kappa shape index (κ2) is 5.59. The van der Waals surface area contributed by atoms with Crippen molar-refractivity contribution in [3.8, 4) is 0 Å². The van der Waals surface area contributed by atoms with Gasteiger partial charge in [0.05, 0.1) is 0 Å². The number of aromatic nitrogens is 2. The van der Waals surface area contributed by atoms with Gasteiger partial charge in [0.15, 0.2) is 0 Å². The van der Waals surface area contributed by atoms with E-state index in [1.165, 1.54) is 25.8 Å². The van der Waals surface area contributed by atoms with Crippen LogP contribution in [0, 0.1) is 0 Å². The molecule has 0 spiro atoms. The average Bonchev–Trinajstić information content (AvgIpc) is 2.28. The summed E-state index contributed by atoms with van der Waals surface area (Å²) in [6.07, 6.45) is 5.50. The number of nitrogens with zero attached hydrogens (tertiary/aromatic N) is 3. The van der Waals surface area contributed by atoms with Gasteiger partial charge in [0.2, 0.25) is 0 Å². The standard InChI is InChI=1S/C11H17BrN4/c1-16-5-3-2-4-9(16)7-13-11-6-10(12)14-8-15-11/h6,8-9H,2-5,7H2,1H3,(H,13,14,15). The van der Waals surface area contributed by atoms with Gasteiger partial charge in [0.1, 0.15) is 16.7 Å². The maximum absolute atomic E-state index is 4.18. The highest BCUT2D eigenvalue weighted by Crippen LogP contribution is 2.16. The third-order valence-corrected chi connectivity index (χ3v) is 3.51. The van der Waals surface area contributed by atoms with Gasteiger partial charge in [-0.05, 0) is 42.4 Å². The number of likely N-dealkylation sites (N-methyl/N-ethyl adjacent to an activating group) is 1. The van der Waals surface area contributed by atoms with E-state index in [0.717, 1.165) is 17.0 Å². The van der Waals surface area contributed by atoms with E-state index in [2.05, 4.69) is 43.2 Å². The number of nitrogens with one attached hydrogen (secondary N) is 1. The summed E-state index contributed by atoms with van der Waals surface area (Å²) in [5, 5.41) is 3.36. The van der Waals surface area contributed by atoms with Crippen LogP contribution in [0.5, 0.6) is 0 Å². The molecule has 4 nitrogen and oxygen atoms in total. The van der Waals surface area contributed by atoms with Gasteiger partial charge in [-0.15, -0.1) is 0 Å². The molecule has 0 aromatic carbocycles. The number of halogens is 1. The van der Waals surface area contributed by atoms with Crippen molar-refractivity contribution in [3.05, 3.63) is 17.0 Å². The summed E-state index contributed by atoms with van der Waals surface area (Å²) in [5.74, 6) is 0.890. The Morgan fingerprint density at radius 2 is 2.38 bits per heavy atom. The van der Waals surface area contributed by atoms with E-state index in [1.54, 1.807) is 6.33 Å². The molecule has 0 amide bonds. The van der Waals surface area contributed by atoms with E-state index in [4.69, 9.17) is 0 Å². The third-order valence-electron chi connectivity index (χ3n) is 3.07. The highest BCUT2D eigenvalue weighted by molar-refractivity contribution is 9.10. The van der Waals surface area contributed by atoms with Crippen LogP contribution in [0.1, 0.15) is 19.3 Å². The first-order valence-corrected chi connectivity index (χ1v) is 6.46. The Labute approximate surface area is 105 Å². The van der Waals surface area contributed by atoms with E-state index < -0.39 is 0 Å². The summed E-state index contributed by atoms with van der Waals surface area (Å²) < 4.78 is 0.821. The molecule has 1 unspecified atom stereocenters. The Bertz CT molecular complexity index is 345. The van der Waals surface area contributed by atoms with Gasteiger partial charge in [-0.3, -0.25) is 0 Å². The molecule has 1 N–H and O–H groups in total. The van der Waals surface area contributed by atoms with E-state index >= 15 is 0 Å². The maximum atomic E-state index is 4.18. The van der Waals surface area contributed by atoms with Gasteiger partial charge >= 0.3 is 0 Å². The first-order chi connectivity index (χ1) is 7.75. The molecule has 1 aromatic rings. The Morgan fingerprint density at radius 1 is 1.50 bits per heavy atom. The normalized spacial score (nSPS) is 22.0. The van der Waals surface area contributed by atoms with Crippen LogP contribution in [0.25, 0.3) is 0 Å². The third kappa shape index (κ3) is 3.15. The second-order valence-corrected chi connectivity index (χ2v) is 5.05. The molecule has 1 aromatic heterocycles. The molecular formula is C11H17BrN4. The largest absolute Gasteiger partial charge is 0.368 e. The number of rotatable bonds is 3. The lowest BCUT2D eigenvalue weighted by atomic mass is 10.0. The zero-order valence-electron chi connectivity index (χ0n) is 9.49. The number of hydrogen-bond acceptors (Lipinski definition) is 4. The molecule has 1 aliphatic rings. The zero-order valence-corrected chi connectivity index (χ0v) is 11.1. The van der Waals surface area contributed by atoms with E-state index in [-0.39, 0.29) is 0 Å². The molecule has 1 atom stereocenters. The molecule has 2 rings (SSSR count). The molecule has 1 aliphatic heterocycles. The van der Waals surface area contributed by atoms with E-state index in [1.807, 2.05) is 6.07 Å². The lowest BCUT2D eigenvalue weighted by Gasteiger charge is -2.32. The number of piperidine rings is 1. The number of likely N-dealkylation sites (tertiary alicyclic amines) is 1. The van der Waals surface area contributed by atoms with Gasteiger partial charge < -0.3 is 10.2 Å². The van der Waals surface area contributed by atoms with Crippen LogP contribution in [0.15, 0.2) is 17.0 Å². The van der Waals surface area contributed by atoms with Crippen molar-refractivity contribution in [1.29, 1.82) is 0 Å². The van der Waals surface area contributed by atoms with Gasteiger partial charge in [-0.1, -0.05) is 6.42 Å². The number of anilines is 1. The lowest BCUT2D eigenvalue weighted by Crippen LogP contribution is -2.40. The van der Waals surface area contributed by atoms with Crippen LogP contribution in [-0.2, 0) is 0 Å². The van der Waals surface area contributed by atoms with Crippen molar-refractivity contribution in [1.82, 2.24) is 14.9 Å². The first kappa shape index (κ1) is 11.8. The fourth-order valence-electron chi connectivity index (χ4n) is 2.05. The zero-order chi connectivity index (χ0) is 11.4. The highest BCUT2D eigenvalue weighted by Gasteiger charge is 2.18. The molecule has 5 heteroatoms. The van der Waals surface area contributed by atoms with E-state index in [0.29, 0.717) is 6.04 Å². The summed E-state index contributed by atoms with van der Waals surface area (Å²) in [5.41, 5.74) is 0. The molecular weight excluding hydrogens is 268 g/mol. The minimum atomic E-state index is 0.627. The Hall–Kier alpha value is -0.680. The molecule has 2 heterocycles. The van der Waals surface area contributed by atoms with Crippen molar-refractivity contribution in [2.24, 2.45) is 0 Å². The first-order valence-electron chi connectivity index (χ1n) is 5.67. The van der Waals surface area contributed by atoms with Crippen LogP contribution in [0.3, 0.4) is 0 Å². The highest BCUT2D eigenvalue weighted by atomic mass is 79.9. The fraction of sp³-hybridized carbons (Fsp3) is 0.636. The average molecular weight is 285 g/mol. The summed E-state index contributed by atoms with van der Waals surface area (Å²) in [6.45, 7) is 2.17. The van der Waals surface area contributed by atoms with Crippen LogP contribution < -0.4 is 5.32 Å². The Balaban J connectivity index is 1.86. The minimum absolute atomic E-state index is 0.627. The summed E-state index contributed by atoms with van der Waals surface area (Å²) in [6, 6.07) is 2.53. The predicted molar refractivity (Wildman–Crippen MR) is 68.5 cm³/mol. The Morgan fingerprint density at radius 3 is 3.12 bits per heavy atom. The molecule has 0 radical (unpaired) electrons. The van der Waals surface area contributed by atoms with Crippen molar-refractivity contribution in [2.75, 3.05) is 25.5 Å². The van der Waals surface area contributed by atoms with Gasteiger partial charge in [-0.2, -0.15) is 0 Å². The number of hydrogen-bond donors (Lipinski definition) is 1. The molecule has 0 saturated carbocycles. The fourth-order valence-corrected chi connectivity index (χ4v) is 2.36. The topological polar surface area (TPSA) is 41.0 Å². The minimum Gasteiger partial charge on any atom is -0.368 e. The van der Waals surface area contributed by atoms with Crippen LogP contribution >= 0.6 is 15.9 Å². The maximum Gasteiger partial charge on any atom is 0.130 e. The van der Waals surface area contributed by atoms with Crippen molar-refractivity contribution >= 4 is 21.7 Å². The van der Waals surface area contributed by atoms with E-state index in [9.17, 15) is 0 Å². The van der Waals surface area contributed by atoms with Gasteiger partial charge in [0, 0.05) is 18.7 Å². The summed E-state index contributed by atoms with van der Waals surface area (Å²) >= 11 is 3.34. The van der Waals surface area contributed by atoms with Crippen molar-refractivity contribution < 1.29 is 0 Å². The van der Waals surface area contributed by atoms with Crippen LogP contribution in [0.2, 0.25) is 0 Å². The molecule has 16 heavy (non-hydrogen) atoms. The summed E-state index contributed by atoms with van der Waals surface area (Å²) in [4.78, 5) is 10.6. The lowest BCUT2D eigenvalue weighted by molar-refractivity contribution is 0.194. The van der Waals surface area contributed by atoms with Gasteiger partial charge in [-0.25, -0.2) is 9.97 Å². The monoisotopic (exact) mass is 284 g/mol. The van der Waals surface area contributed by atoms with Crippen LogP contribution in [0.4, 0.5) is 5.82 Å². The molecule has 0 aliphatic carbocycles. The molecule has 0 bridgehead atoms. The summed E-state index contributed by atoms with van der Waals surface area (Å²) in [7, 11) is 2.20. The molecule has 1 saturated heterocycles. The van der Waals surface area contributed by atoms with Crippen molar-refractivity contribution in [3.63, 3.8) is 0 Å². The predicted octanol–water partition coefficient (Wildman–Crippen LogP) is 2.14. The quantitative estimate of drug-likeness (QED) is 0.864. The van der Waals surface area contributed by atoms with Crippen LogP contribution in [-0.4, -0.2) is 41.0 Å². The molecule has 1 fully saturated rings.